The van der Waals surface area contributed by atoms with E-state index in [2.05, 4.69) is 27.5 Å². The van der Waals surface area contributed by atoms with Gasteiger partial charge in [0, 0.05) is 30.4 Å². The molecule has 1 N–H and O–H groups in total. The van der Waals surface area contributed by atoms with E-state index in [0.717, 1.165) is 5.56 Å². The van der Waals surface area contributed by atoms with E-state index < -0.39 is 0 Å². The van der Waals surface area contributed by atoms with Crippen molar-refractivity contribution < 1.29 is 4.79 Å². The van der Waals surface area contributed by atoms with Crippen molar-refractivity contribution in [2.45, 2.75) is 25.4 Å². The molecule has 124 valence electrons. The SMILES string of the molecule is C[C@@H]1C[C@@H](NC(=O)c2nccc(-c3cccc(C#N)c3)n2)CN1C#N. The van der Waals surface area contributed by atoms with Gasteiger partial charge in [-0.25, -0.2) is 9.97 Å². The van der Waals surface area contributed by atoms with Gasteiger partial charge in [0.1, 0.15) is 0 Å². The first-order valence-electron chi connectivity index (χ1n) is 7.91. The zero-order valence-corrected chi connectivity index (χ0v) is 13.7. The van der Waals surface area contributed by atoms with Crippen LogP contribution in [0, 0.1) is 22.8 Å². The summed E-state index contributed by atoms with van der Waals surface area (Å²) in [6.07, 6.45) is 4.36. The lowest BCUT2D eigenvalue weighted by molar-refractivity contribution is 0.0928. The Morgan fingerprint density at radius 1 is 1.36 bits per heavy atom. The Bertz CT molecular complexity index is 882. The van der Waals surface area contributed by atoms with E-state index in [1.165, 1.54) is 6.20 Å². The zero-order chi connectivity index (χ0) is 17.8. The van der Waals surface area contributed by atoms with Crippen LogP contribution < -0.4 is 5.32 Å². The number of aromatic nitrogens is 2. The highest BCUT2D eigenvalue weighted by Gasteiger charge is 2.30. The van der Waals surface area contributed by atoms with Gasteiger partial charge in [0.15, 0.2) is 6.19 Å². The van der Waals surface area contributed by atoms with Crippen molar-refractivity contribution in [1.82, 2.24) is 20.2 Å². The molecular weight excluding hydrogens is 316 g/mol. The van der Waals surface area contributed by atoms with Gasteiger partial charge in [-0.1, -0.05) is 12.1 Å². The minimum atomic E-state index is -0.365. The summed E-state index contributed by atoms with van der Waals surface area (Å²) in [5, 5.41) is 20.9. The predicted octanol–water partition coefficient (Wildman–Crippen LogP) is 1.69. The Morgan fingerprint density at radius 2 is 2.20 bits per heavy atom. The molecule has 0 saturated carbocycles. The number of nitriles is 2. The Hall–Kier alpha value is -3.45. The third kappa shape index (κ3) is 3.56. The third-order valence-electron chi connectivity index (χ3n) is 4.18. The molecule has 0 aliphatic carbocycles. The van der Waals surface area contributed by atoms with Gasteiger partial charge in [0.2, 0.25) is 5.82 Å². The number of amides is 1. The Labute approximate surface area is 145 Å². The van der Waals surface area contributed by atoms with Crippen molar-refractivity contribution in [1.29, 1.82) is 10.5 Å². The molecule has 0 bridgehead atoms. The van der Waals surface area contributed by atoms with Crippen LogP contribution in [0.5, 0.6) is 0 Å². The number of hydrogen-bond acceptors (Lipinski definition) is 6. The summed E-state index contributed by atoms with van der Waals surface area (Å²) < 4.78 is 0. The van der Waals surface area contributed by atoms with Crippen molar-refractivity contribution in [3.63, 3.8) is 0 Å². The second-order valence-electron chi connectivity index (χ2n) is 5.97. The molecule has 0 unspecified atom stereocenters. The lowest BCUT2D eigenvalue weighted by atomic mass is 10.1. The van der Waals surface area contributed by atoms with Gasteiger partial charge in [0.05, 0.1) is 17.3 Å². The number of carbonyl (C=O) groups excluding carboxylic acids is 1. The second-order valence-corrected chi connectivity index (χ2v) is 5.97. The van der Waals surface area contributed by atoms with Crippen molar-refractivity contribution in [2.75, 3.05) is 6.54 Å². The molecule has 0 radical (unpaired) electrons. The summed E-state index contributed by atoms with van der Waals surface area (Å²) in [5.41, 5.74) is 1.86. The minimum absolute atomic E-state index is 0.0721. The molecule has 0 spiro atoms. The summed E-state index contributed by atoms with van der Waals surface area (Å²) in [7, 11) is 0. The molecule has 1 amide bonds. The average Bonchev–Trinajstić information content (AvgIpc) is 3.01. The molecule has 1 fully saturated rings. The van der Waals surface area contributed by atoms with Gasteiger partial charge in [-0.05, 0) is 31.5 Å². The molecule has 1 aliphatic heterocycles. The first kappa shape index (κ1) is 16.4. The maximum atomic E-state index is 12.4. The van der Waals surface area contributed by atoms with E-state index in [0.29, 0.717) is 24.2 Å². The van der Waals surface area contributed by atoms with Crippen molar-refractivity contribution >= 4 is 5.91 Å². The first-order valence-corrected chi connectivity index (χ1v) is 7.91. The van der Waals surface area contributed by atoms with E-state index in [-0.39, 0.29) is 23.8 Å². The maximum Gasteiger partial charge on any atom is 0.289 e. The number of benzene rings is 1. The van der Waals surface area contributed by atoms with Gasteiger partial charge < -0.3 is 10.2 Å². The van der Waals surface area contributed by atoms with Crippen LogP contribution in [0.25, 0.3) is 11.3 Å². The van der Waals surface area contributed by atoms with Gasteiger partial charge in [-0.3, -0.25) is 4.79 Å². The van der Waals surface area contributed by atoms with Gasteiger partial charge >= 0.3 is 0 Å². The zero-order valence-electron chi connectivity index (χ0n) is 13.7. The van der Waals surface area contributed by atoms with E-state index >= 15 is 0 Å². The quantitative estimate of drug-likeness (QED) is 0.857. The number of likely N-dealkylation sites (tertiary alicyclic amines) is 1. The van der Waals surface area contributed by atoms with Gasteiger partial charge in [-0.2, -0.15) is 10.5 Å². The number of carbonyl (C=O) groups is 1. The highest BCUT2D eigenvalue weighted by Crippen LogP contribution is 2.19. The van der Waals surface area contributed by atoms with Crippen LogP contribution in [0.2, 0.25) is 0 Å². The van der Waals surface area contributed by atoms with E-state index in [1.54, 1.807) is 29.2 Å². The molecule has 7 nitrogen and oxygen atoms in total. The molecule has 1 saturated heterocycles. The van der Waals surface area contributed by atoms with Crippen LogP contribution in [0.3, 0.4) is 0 Å². The predicted molar refractivity (Wildman–Crippen MR) is 89.8 cm³/mol. The first-order chi connectivity index (χ1) is 12.1. The summed E-state index contributed by atoms with van der Waals surface area (Å²) in [6.45, 7) is 2.45. The average molecular weight is 332 g/mol. The molecule has 1 aromatic carbocycles. The lowest BCUT2D eigenvalue weighted by Crippen LogP contribution is -2.37. The van der Waals surface area contributed by atoms with Crippen LogP contribution in [0.1, 0.15) is 29.5 Å². The standard InChI is InChI=1S/C18H16N6O/c1-12-7-15(10-24(12)11-20)22-18(25)17-21-6-5-16(23-17)14-4-2-3-13(8-14)9-19/h2-6,8,12,15H,7,10H2,1H3,(H,22,25)/t12-,15-/m1/s1. The van der Waals surface area contributed by atoms with Crippen molar-refractivity contribution in [3.05, 3.63) is 47.9 Å². The molecule has 2 atom stereocenters. The van der Waals surface area contributed by atoms with E-state index in [1.807, 2.05) is 13.0 Å². The van der Waals surface area contributed by atoms with Gasteiger partial charge in [0.25, 0.3) is 5.91 Å². The molecular formula is C18H16N6O. The van der Waals surface area contributed by atoms with Crippen molar-refractivity contribution in [3.8, 4) is 23.5 Å². The summed E-state index contributed by atoms with van der Waals surface area (Å²) >= 11 is 0. The fraction of sp³-hybridized carbons (Fsp3) is 0.278. The van der Waals surface area contributed by atoms with E-state index in [4.69, 9.17) is 10.5 Å². The molecule has 1 aromatic heterocycles. The molecule has 25 heavy (non-hydrogen) atoms. The van der Waals surface area contributed by atoms with Crippen LogP contribution in [-0.2, 0) is 0 Å². The minimum Gasteiger partial charge on any atom is -0.345 e. The smallest absolute Gasteiger partial charge is 0.289 e. The monoisotopic (exact) mass is 332 g/mol. The van der Waals surface area contributed by atoms with Crippen LogP contribution in [-0.4, -0.2) is 39.4 Å². The lowest BCUT2D eigenvalue weighted by Gasteiger charge is -2.12. The number of rotatable bonds is 3. The normalized spacial score (nSPS) is 19.1. The summed E-state index contributed by atoms with van der Waals surface area (Å²) in [6, 6.07) is 10.8. The second kappa shape index (κ2) is 6.98. The van der Waals surface area contributed by atoms with Crippen LogP contribution >= 0.6 is 0 Å². The highest BCUT2D eigenvalue weighted by atomic mass is 16.2. The molecule has 1 aliphatic rings. The summed E-state index contributed by atoms with van der Waals surface area (Å²) in [5.74, 6) is -0.293. The number of nitrogens with zero attached hydrogens (tertiary/aromatic N) is 5. The molecule has 2 heterocycles. The fourth-order valence-electron chi connectivity index (χ4n) is 2.90. The highest BCUT2D eigenvalue weighted by molar-refractivity contribution is 5.91. The third-order valence-corrected chi connectivity index (χ3v) is 4.18. The van der Waals surface area contributed by atoms with E-state index in [9.17, 15) is 4.79 Å². The largest absolute Gasteiger partial charge is 0.345 e. The topological polar surface area (TPSA) is 106 Å². The maximum absolute atomic E-state index is 12.4. The molecule has 2 aromatic rings. The number of nitrogens with one attached hydrogen (secondary N) is 1. The summed E-state index contributed by atoms with van der Waals surface area (Å²) in [4.78, 5) is 22.4. The molecule has 7 heteroatoms. The molecule has 3 rings (SSSR count). The Balaban J connectivity index is 1.76. The van der Waals surface area contributed by atoms with Crippen LogP contribution in [0.15, 0.2) is 36.5 Å². The Morgan fingerprint density at radius 3 is 2.92 bits per heavy atom. The van der Waals surface area contributed by atoms with Crippen LogP contribution in [0.4, 0.5) is 0 Å². The van der Waals surface area contributed by atoms with Crippen molar-refractivity contribution in [2.24, 2.45) is 0 Å². The fourth-order valence-corrected chi connectivity index (χ4v) is 2.90. The van der Waals surface area contributed by atoms with Gasteiger partial charge in [-0.15, -0.1) is 0 Å². The number of hydrogen-bond donors (Lipinski definition) is 1. The Kier molecular flexibility index (Phi) is 4.58.